The van der Waals surface area contributed by atoms with Gasteiger partial charge in [-0.3, -0.25) is 14.2 Å². The molecule has 0 saturated carbocycles. The van der Waals surface area contributed by atoms with Gasteiger partial charge in [0, 0.05) is 12.8 Å². The van der Waals surface area contributed by atoms with Crippen molar-refractivity contribution in [2.75, 3.05) is 40.9 Å². The maximum absolute atomic E-state index is 13.4. The number of carbonyl (C=O) groups is 2. The van der Waals surface area contributed by atoms with Crippen LogP contribution >= 0.6 is 7.82 Å². The molecule has 3 atom stereocenters. The Kier molecular flexibility index (Phi) is 48.5. The van der Waals surface area contributed by atoms with Gasteiger partial charge in [0.2, 0.25) is 5.91 Å². The summed E-state index contributed by atoms with van der Waals surface area (Å²) in [4.78, 5) is 39.8. The normalized spacial score (nSPS) is 14.9. The van der Waals surface area contributed by atoms with Gasteiger partial charge in [-0.05, 0) is 109 Å². The summed E-state index contributed by atoms with van der Waals surface area (Å²) < 4.78 is 30.1. The molecule has 10 heteroatoms. The SMILES string of the molecule is CC/C=C\C/C=C\C/C=C\C/C=C\C/C=C\C/C=C\CCC(=O)NC(COP(=O)([O-])OCC[N+](C)(C)C)C(/C=C/CCCCCCCCCCC)OC(=O)CCC/C=C\C/C=C\C/C=C\C/C=C\C/C=C\CC. The van der Waals surface area contributed by atoms with E-state index in [-0.39, 0.29) is 25.4 Å². The topological polar surface area (TPSA) is 114 Å². The molecule has 0 heterocycles. The first kappa shape index (κ1) is 68.9. The van der Waals surface area contributed by atoms with E-state index in [4.69, 9.17) is 13.8 Å². The summed E-state index contributed by atoms with van der Waals surface area (Å²) in [6.07, 6.45) is 74.1. The standard InChI is InChI=1S/C63H103N2O7P/c1-7-10-13-16-19-22-25-27-29-31-32-34-35-37-40-43-46-49-52-55-62(66)64-60(59-71-73(68,69)70-58-57-65(4,5)6)61(54-51-48-45-42-39-24-21-18-15-12-9-3)72-63(67)56-53-50-47-44-41-38-36-33-30-28-26-23-20-17-14-11-8-2/h10-11,13-14,19-20,22-23,27-30,32,34,36-38,40,44,46-47,49,51,54,60-61H,7-9,12,15-18,21,24-26,31,33,35,39,41-43,45,48,50,52-53,55-59H2,1-6H3,(H-,64,66,68,69)/b13-10-,14-11-,22-19-,23-20-,29-27-,30-28-,34-32-,38-36-,40-37-,47-44-,49-46-,54-51+. The van der Waals surface area contributed by atoms with E-state index in [9.17, 15) is 19.0 Å². The average molecular weight is 1030 g/mol. The van der Waals surface area contributed by atoms with Crippen molar-refractivity contribution >= 4 is 19.7 Å². The van der Waals surface area contributed by atoms with E-state index in [1.807, 2.05) is 39.4 Å². The van der Waals surface area contributed by atoms with Gasteiger partial charge in [0.15, 0.2) is 0 Å². The summed E-state index contributed by atoms with van der Waals surface area (Å²) in [5, 5.41) is 2.95. The molecule has 0 aromatic carbocycles. The van der Waals surface area contributed by atoms with E-state index in [1.54, 1.807) is 6.08 Å². The molecule has 0 aromatic rings. The van der Waals surface area contributed by atoms with Gasteiger partial charge in [-0.25, -0.2) is 0 Å². The molecule has 0 radical (unpaired) electrons. The fourth-order valence-corrected chi connectivity index (χ4v) is 7.71. The molecule has 0 fully saturated rings. The number of rotatable bonds is 48. The minimum atomic E-state index is -4.74. The van der Waals surface area contributed by atoms with Gasteiger partial charge in [-0.2, -0.15) is 0 Å². The first-order valence-electron chi connectivity index (χ1n) is 28.1. The number of nitrogens with one attached hydrogen (secondary N) is 1. The smallest absolute Gasteiger partial charge is 0.306 e. The highest BCUT2D eigenvalue weighted by atomic mass is 31.2. The molecule has 412 valence electrons. The number of hydrogen-bond acceptors (Lipinski definition) is 7. The van der Waals surface area contributed by atoms with Crippen molar-refractivity contribution in [3.05, 3.63) is 146 Å². The predicted molar refractivity (Wildman–Crippen MR) is 311 cm³/mol. The van der Waals surface area contributed by atoms with Crippen LogP contribution in [0.25, 0.3) is 0 Å². The molecule has 73 heavy (non-hydrogen) atoms. The number of carbonyl (C=O) groups excluding carboxylic acids is 2. The quantitative estimate of drug-likeness (QED) is 0.0212. The molecule has 0 rings (SSSR count). The van der Waals surface area contributed by atoms with Crippen LogP contribution in [0.4, 0.5) is 0 Å². The monoisotopic (exact) mass is 1030 g/mol. The predicted octanol–water partition coefficient (Wildman–Crippen LogP) is 16.5. The number of ether oxygens (including phenoxy) is 1. The van der Waals surface area contributed by atoms with E-state index >= 15 is 0 Å². The van der Waals surface area contributed by atoms with Crippen LogP contribution in [0.5, 0.6) is 0 Å². The van der Waals surface area contributed by atoms with Crippen molar-refractivity contribution in [3.63, 3.8) is 0 Å². The second-order valence-electron chi connectivity index (χ2n) is 19.3. The lowest BCUT2D eigenvalue weighted by atomic mass is 10.1. The minimum Gasteiger partial charge on any atom is -0.756 e. The van der Waals surface area contributed by atoms with Gasteiger partial charge in [-0.15, -0.1) is 0 Å². The maximum Gasteiger partial charge on any atom is 0.306 e. The van der Waals surface area contributed by atoms with Crippen LogP contribution in [0, 0.1) is 0 Å². The van der Waals surface area contributed by atoms with Crippen LogP contribution in [-0.2, 0) is 27.9 Å². The van der Waals surface area contributed by atoms with Gasteiger partial charge in [0.05, 0.1) is 33.8 Å². The van der Waals surface area contributed by atoms with Crippen LogP contribution < -0.4 is 10.2 Å². The molecule has 0 saturated heterocycles. The highest BCUT2D eigenvalue weighted by molar-refractivity contribution is 7.45. The maximum atomic E-state index is 13.4. The van der Waals surface area contributed by atoms with Gasteiger partial charge in [-0.1, -0.05) is 212 Å². The lowest BCUT2D eigenvalue weighted by Gasteiger charge is -2.30. The Hall–Kier alpha value is -4.11. The summed E-state index contributed by atoms with van der Waals surface area (Å²) in [5.74, 6) is -0.724. The Balaban J connectivity index is 5.56. The molecule has 9 nitrogen and oxygen atoms in total. The molecule has 0 aliphatic heterocycles. The third-order valence-electron chi connectivity index (χ3n) is 11.3. The molecular formula is C63H103N2O7P. The summed E-state index contributed by atoms with van der Waals surface area (Å²) in [6, 6.07) is -0.962. The van der Waals surface area contributed by atoms with Crippen molar-refractivity contribution < 1.29 is 37.3 Å². The highest BCUT2D eigenvalue weighted by Gasteiger charge is 2.27. The number of phosphoric acid groups is 1. The van der Waals surface area contributed by atoms with Crippen LogP contribution in [0.1, 0.15) is 188 Å². The Morgan fingerprint density at radius 3 is 1.33 bits per heavy atom. The lowest BCUT2D eigenvalue weighted by molar-refractivity contribution is -0.870. The zero-order chi connectivity index (χ0) is 53.6. The number of amides is 1. The molecule has 0 aliphatic carbocycles. The number of quaternary nitrogens is 1. The van der Waals surface area contributed by atoms with Gasteiger partial charge >= 0.3 is 5.97 Å². The van der Waals surface area contributed by atoms with Crippen molar-refractivity contribution in [1.82, 2.24) is 5.32 Å². The van der Waals surface area contributed by atoms with Crippen molar-refractivity contribution in [2.45, 2.75) is 200 Å². The third kappa shape index (κ3) is 52.6. The number of allylic oxidation sites excluding steroid dienone is 23. The second-order valence-corrected chi connectivity index (χ2v) is 20.7. The Labute approximate surface area is 447 Å². The third-order valence-corrected chi connectivity index (χ3v) is 12.2. The minimum absolute atomic E-state index is 0.0534. The summed E-state index contributed by atoms with van der Waals surface area (Å²) in [6.45, 7) is 6.47. The molecule has 3 unspecified atom stereocenters. The van der Waals surface area contributed by atoms with Crippen molar-refractivity contribution in [3.8, 4) is 0 Å². The lowest BCUT2D eigenvalue weighted by Crippen LogP contribution is -2.47. The fourth-order valence-electron chi connectivity index (χ4n) is 6.99. The molecule has 1 N–H and O–H groups in total. The number of nitrogens with zero attached hydrogens (tertiary/aromatic N) is 1. The Bertz CT molecular complexity index is 1760. The Morgan fingerprint density at radius 1 is 0.493 bits per heavy atom. The molecule has 0 aromatic heterocycles. The first-order valence-corrected chi connectivity index (χ1v) is 29.6. The zero-order valence-electron chi connectivity index (χ0n) is 46.8. The van der Waals surface area contributed by atoms with Crippen LogP contribution in [0.2, 0.25) is 0 Å². The zero-order valence-corrected chi connectivity index (χ0v) is 47.7. The molecule has 0 aliphatic rings. The summed E-state index contributed by atoms with van der Waals surface area (Å²) >= 11 is 0. The van der Waals surface area contributed by atoms with Crippen molar-refractivity contribution in [2.24, 2.45) is 0 Å². The van der Waals surface area contributed by atoms with Gasteiger partial charge < -0.3 is 28.5 Å². The molecule has 1 amide bonds. The molecular weight excluding hydrogens is 928 g/mol. The van der Waals surface area contributed by atoms with E-state index in [1.165, 1.54) is 44.9 Å². The number of likely N-dealkylation sites (N-methyl/N-ethyl adjacent to an activating group) is 1. The van der Waals surface area contributed by atoms with E-state index in [0.717, 1.165) is 89.9 Å². The van der Waals surface area contributed by atoms with E-state index in [0.29, 0.717) is 30.3 Å². The van der Waals surface area contributed by atoms with Crippen LogP contribution in [0.15, 0.2) is 146 Å². The Morgan fingerprint density at radius 2 is 0.890 bits per heavy atom. The highest BCUT2D eigenvalue weighted by Crippen LogP contribution is 2.38. The molecule has 0 spiro atoms. The number of esters is 1. The summed E-state index contributed by atoms with van der Waals surface area (Å²) in [5.41, 5.74) is 0. The summed E-state index contributed by atoms with van der Waals surface area (Å²) in [7, 11) is 1.08. The second kappa shape index (κ2) is 51.4. The van der Waals surface area contributed by atoms with Gasteiger partial charge in [0.1, 0.15) is 19.3 Å². The van der Waals surface area contributed by atoms with Gasteiger partial charge in [0.25, 0.3) is 7.82 Å². The molecule has 0 bridgehead atoms. The van der Waals surface area contributed by atoms with E-state index < -0.39 is 32.5 Å². The van der Waals surface area contributed by atoms with E-state index in [2.05, 4.69) is 148 Å². The number of hydrogen-bond donors (Lipinski definition) is 1. The average Bonchev–Trinajstić information content (AvgIpc) is 3.35. The number of phosphoric ester groups is 1. The largest absolute Gasteiger partial charge is 0.756 e. The van der Waals surface area contributed by atoms with Crippen LogP contribution in [0.3, 0.4) is 0 Å². The fraction of sp³-hybridized carbons (Fsp3) is 0.587. The van der Waals surface area contributed by atoms with Crippen molar-refractivity contribution in [1.29, 1.82) is 0 Å². The van der Waals surface area contributed by atoms with Crippen LogP contribution in [-0.4, -0.2) is 69.4 Å². The number of unbranched alkanes of at least 4 members (excludes halogenated alkanes) is 10. The first-order chi connectivity index (χ1) is 35.4.